The molecule has 0 spiro atoms. The summed E-state index contributed by atoms with van der Waals surface area (Å²) in [6, 6.07) is -3.22. The van der Waals surface area contributed by atoms with Crippen LogP contribution in [0.4, 0.5) is 0 Å². The number of carboxylic acid groups (broad SMARTS) is 4. The summed E-state index contributed by atoms with van der Waals surface area (Å²) < 4.78 is 0. The second-order valence-electron chi connectivity index (χ2n) is 9.29. The summed E-state index contributed by atoms with van der Waals surface area (Å²) in [6.45, 7) is 1.57. The molecular formula is C24H51N13O8. The number of H-pyrrole nitrogens is 1. The van der Waals surface area contributed by atoms with Crippen molar-refractivity contribution in [1.82, 2.24) is 20.6 Å². The number of nitrogens with two attached hydrogens (primary N) is 7. The number of hydrogen-bond acceptors (Lipinski definition) is 12. The van der Waals surface area contributed by atoms with Gasteiger partial charge in [0.1, 0.15) is 24.2 Å². The molecule has 1 rings (SSSR count). The Morgan fingerprint density at radius 2 is 1.09 bits per heavy atom. The highest BCUT2D eigenvalue weighted by Gasteiger charge is 2.13. The lowest BCUT2D eigenvalue weighted by atomic mass is 10.1. The number of carbonyl (C=O) groups is 4. The number of aromatic nitrogens is 2. The Hall–Kier alpha value is -4.57. The van der Waals surface area contributed by atoms with E-state index in [1.165, 1.54) is 6.33 Å². The van der Waals surface area contributed by atoms with E-state index in [1.54, 1.807) is 6.20 Å². The first kappa shape index (κ1) is 44.9. The summed E-state index contributed by atoms with van der Waals surface area (Å²) >= 11 is 0. The van der Waals surface area contributed by atoms with Crippen LogP contribution in [0.15, 0.2) is 12.5 Å². The lowest BCUT2D eigenvalue weighted by Gasteiger charge is -2.06. The third-order valence-corrected chi connectivity index (χ3v) is 5.24. The van der Waals surface area contributed by atoms with Crippen molar-refractivity contribution < 1.29 is 39.6 Å². The molecule has 0 saturated carbocycles. The van der Waals surface area contributed by atoms with Crippen LogP contribution in [0.2, 0.25) is 0 Å². The van der Waals surface area contributed by atoms with Gasteiger partial charge in [-0.3, -0.25) is 30.0 Å². The zero-order chi connectivity index (χ0) is 35.4. The zero-order valence-electron chi connectivity index (χ0n) is 25.2. The molecule has 4 atom stereocenters. The summed E-state index contributed by atoms with van der Waals surface area (Å²) in [7, 11) is 0. The second kappa shape index (κ2) is 28.2. The SMILES string of the molecule is N=C(N)NCCC[C@H](N)C(=O)O.N=C(N)NCCC[C@H](N)C(=O)O.NCCCC[C@H](N)C(=O)O.N[C@@H](Cc1c[nH]cn1)C(=O)O. The van der Waals surface area contributed by atoms with Gasteiger partial charge in [0.25, 0.3) is 0 Å². The molecule has 21 nitrogen and oxygen atoms in total. The van der Waals surface area contributed by atoms with Crippen LogP contribution in [0, 0.1) is 10.8 Å². The largest absolute Gasteiger partial charge is 0.480 e. The Morgan fingerprint density at radius 3 is 1.38 bits per heavy atom. The van der Waals surface area contributed by atoms with Gasteiger partial charge in [-0.05, 0) is 45.1 Å². The van der Waals surface area contributed by atoms with Gasteiger partial charge in [-0.15, -0.1) is 0 Å². The van der Waals surface area contributed by atoms with E-state index in [1.807, 2.05) is 0 Å². The number of nitrogens with zero attached hydrogens (tertiary/aromatic N) is 1. The molecule has 0 fully saturated rings. The highest BCUT2D eigenvalue weighted by atomic mass is 16.4. The number of rotatable bonds is 18. The van der Waals surface area contributed by atoms with Crippen LogP contribution in [0.5, 0.6) is 0 Å². The molecule has 1 aromatic rings. The summed E-state index contributed by atoms with van der Waals surface area (Å²) in [5.74, 6) is -4.17. The molecule has 1 heterocycles. The molecule has 260 valence electrons. The number of guanidine groups is 2. The number of imidazole rings is 1. The maximum atomic E-state index is 10.3. The first-order valence-electron chi connectivity index (χ1n) is 13.7. The van der Waals surface area contributed by atoms with Crippen molar-refractivity contribution in [1.29, 1.82) is 10.8 Å². The minimum atomic E-state index is -1.01. The Balaban J connectivity index is -0.000000524. The number of aromatic amines is 1. The zero-order valence-corrected chi connectivity index (χ0v) is 25.2. The predicted octanol–water partition coefficient (Wildman–Crippen LogP) is -3.79. The Labute approximate surface area is 260 Å². The van der Waals surface area contributed by atoms with E-state index >= 15 is 0 Å². The number of hydrogen-bond donors (Lipinski definition) is 16. The summed E-state index contributed by atoms with van der Waals surface area (Å²) in [6.07, 6.45) is 7.49. The van der Waals surface area contributed by atoms with Crippen LogP contribution in [0.25, 0.3) is 0 Å². The van der Waals surface area contributed by atoms with E-state index in [0.717, 1.165) is 12.8 Å². The predicted molar refractivity (Wildman–Crippen MR) is 166 cm³/mol. The number of nitrogens with one attached hydrogen (secondary N) is 5. The minimum Gasteiger partial charge on any atom is -0.480 e. The van der Waals surface area contributed by atoms with Gasteiger partial charge >= 0.3 is 23.9 Å². The minimum absolute atomic E-state index is 0.112. The van der Waals surface area contributed by atoms with Crippen LogP contribution in [-0.2, 0) is 25.6 Å². The topological polar surface area (TPSA) is 432 Å². The number of unbranched alkanes of at least 4 members (excludes halogenated alkanes) is 1. The van der Waals surface area contributed by atoms with Gasteiger partial charge in [-0.25, -0.2) is 4.98 Å². The molecule has 0 saturated heterocycles. The summed E-state index contributed by atoms with van der Waals surface area (Å²) in [5.41, 5.74) is 36.8. The van der Waals surface area contributed by atoms with Gasteiger partial charge in [-0.2, -0.15) is 0 Å². The Morgan fingerprint density at radius 1 is 0.711 bits per heavy atom. The van der Waals surface area contributed by atoms with Crippen LogP contribution in [-0.4, -0.2) is 110 Å². The molecule has 0 aliphatic heterocycles. The van der Waals surface area contributed by atoms with E-state index in [9.17, 15) is 19.2 Å². The second-order valence-corrected chi connectivity index (χ2v) is 9.29. The molecule has 0 bridgehead atoms. The fourth-order valence-electron chi connectivity index (χ4n) is 2.68. The molecule has 0 radical (unpaired) electrons. The normalized spacial score (nSPS) is 12.5. The van der Waals surface area contributed by atoms with E-state index < -0.39 is 48.0 Å². The molecule has 45 heavy (non-hydrogen) atoms. The van der Waals surface area contributed by atoms with Gasteiger partial charge in [0.2, 0.25) is 0 Å². The van der Waals surface area contributed by atoms with Crippen LogP contribution in [0.1, 0.15) is 50.6 Å². The van der Waals surface area contributed by atoms with E-state index in [0.29, 0.717) is 57.4 Å². The summed E-state index contributed by atoms with van der Waals surface area (Å²) in [4.78, 5) is 47.4. The molecule has 1 aromatic heterocycles. The van der Waals surface area contributed by atoms with Gasteiger partial charge in [-0.1, -0.05) is 6.42 Å². The Bertz CT molecular complexity index is 944. The van der Waals surface area contributed by atoms with Crippen molar-refractivity contribution in [2.24, 2.45) is 40.1 Å². The van der Waals surface area contributed by atoms with Crippen LogP contribution < -0.4 is 50.8 Å². The van der Waals surface area contributed by atoms with Crippen molar-refractivity contribution in [2.45, 2.75) is 75.5 Å². The first-order chi connectivity index (χ1) is 21.0. The monoisotopic (exact) mass is 649 g/mol. The fourth-order valence-corrected chi connectivity index (χ4v) is 2.68. The van der Waals surface area contributed by atoms with Crippen molar-refractivity contribution in [2.75, 3.05) is 19.6 Å². The van der Waals surface area contributed by atoms with Crippen molar-refractivity contribution in [3.63, 3.8) is 0 Å². The van der Waals surface area contributed by atoms with Crippen LogP contribution >= 0.6 is 0 Å². The van der Waals surface area contributed by atoms with Crippen molar-refractivity contribution >= 4 is 35.8 Å². The van der Waals surface area contributed by atoms with Gasteiger partial charge in [0.05, 0.1) is 12.0 Å². The molecule has 0 amide bonds. The third-order valence-electron chi connectivity index (χ3n) is 5.24. The smallest absolute Gasteiger partial charge is 0.320 e. The van der Waals surface area contributed by atoms with Crippen LogP contribution in [0.3, 0.4) is 0 Å². The molecule has 0 aromatic carbocycles. The average Bonchev–Trinajstić information content (AvgIpc) is 3.47. The van der Waals surface area contributed by atoms with E-state index in [-0.39, 0.29) is 18.3 Å². The van der Waals surface area contributed by atoms with E-state index in [4.69, 9.17) is 71.4 Å². The molecule has 0 aliphatic carbocycles. The molecule has 0 unspecified atom stereocenters. The number of aliphatic carboxylic acids is 4. The van der Waals surface area contributed by atoms with Gasteiger partial charge in [0, 0.05) is 25.7 Å². The first-order valence-corrected chi connectivity index (χ1v) is 13.7. The van der Waals surface area contributed by atoms with Gasteiger partial charge in [0.15, 0.2) is 11.9 Å². The maximum Gasteiger partial charge on any atom is 0.320 e. The maximum absolute atomic E-state index is 10.3. The lowest BCUT2D eigenvalue weighted by Crippen LogP contribution is -2.34. The lowest BCUT2D eigenvalue weighted by molar-refractivity contribution is -0.139. The van der Waals surface area contributed by atoms with Crippen molar-refractivity contribution in [3.05, 3.63) is 18.2 Å². The third kappa shape index (κ3) is 32.2. The standard InChI is InChI=1S/2C6H14N4O2.C6H9N3O2.C6H14N2O2/c2*7-4(5(11)12)2-1-3-10-6(8)9;7-5(6(10)11)1-4-2-8-3-9-4;7-4-2-1-3-5(8)6(9)10/h2*4H,1-3,7H2,(H,11,12)(H4,8,9,10);2-3,5H,1,7H2,(H,8,9)(H,10,11);5H,1-4,7-8H2,(H,9,10)/t2*4-;2*5-/m0000/s1. The highest BCUT2D eigenvalue weighted by molar-refractivity contribution is 5.75. The van der Waals surface area contributed by atoms with E-state index in [2.05, 4.69) is 20.6 Å². The average molecular weight is 650 g/mol. The quantitative estimate of drug-likeness (QED) is 0.0412. The van der Waals surface area contributed by atoms with Crippen molar-refractivity contribution in [3.8, 4) is 0 Å². The summed E-state index contributed by atoms with van der Waals surface area (Å²) in [5, 5.41) is 52.2. The highest BCUT2D eigenvalue weighted by Crippen LogP contribution is 1.97. The fraction of sp³-hybridized carbons (Fsp3) is 0.625. The number of carboxylic acids is 4. The molecular weight excluding hydrogens is 598 g/mol. The van der Waals surface area contributed by atoms with Gasteiger partial charge < -0.3 is 76.2 Å². The molecule has 23 N–H and O–H groups in total. The molecule has 21 heteroatoms. The Kier molecular flexibility index (Phi) is 28.1. The molecule has 0 aliphatic rings.